The lowest BCUT2D eigenvalue weighted by Crippen LogP contribution is -2.27. The number of nitrogens with one attached hydrogen (secondary N) is 1. The highest BCUT2D eigenvalue weighted by atomic mass is 16.5. The van der Waals surface area contributed by atoms with Crippen LogP contribution in [0.4, 0.5) is 0 Å². The Labute approximate surface area is 165 Å². The SMILES string of the molecule is CC(=NNC(=O)c1nn(C)c(=O)c2ccccc12)c1ccc(OCC(N)=O)cc1. The van der Waals surface area contributed by atoms with Crippen molar-refractivity contribution in [3.63, 3.8) is 0 Å². The number of carbonyl (C=O) groups is 2. The van der Waals surface area contributed by atoms with E-state index in [9.17, 15) is 14.4 Å². The maximum Gasteiger partial charge on any atom is 0.292 e. The molecule has 29 heavy (non-hydrogen) atoms. The van der Waals surface area contributed by atoms with Crippen molar-refractivity contribution in [1.29, 1.82) is 0 Å². The molecular formula is C20H19N5O4. The summed E-state index contributed by atoms with van der Waals surface area (Å²) in [5.74, 6) is -0.600. The third-order valence-electron chi connectivity index (χ3n) is 4.15. The molecule has 0 aliphatic rings. The second-order valence-electron chi connectivity index (χ2n) is 6.24. The molecule has 2 amide bonds. The number of hydrazone groups is 1. The Balaban J connectivity index is 1.78. The van der Waals surface area contributed by atoms with Crippen LogP contribution in [0.5, 0.6) is 5.75 Å². The maximum atomic E-state index is 12.6. The normalized spacial score (nSPS) is 11.3. The second-order valence-corrected chi connectivity index (χ2v) is 6.24. The minimum absolute atomic E-state index is 0.106. The molecule has 0 unspecified atom stereocenters. The monoisotopic (exact) mass is 393 g/mol. The summed E-state index contributed by atoms with van der Waals surface area (Å²) >= 11 is 0. The minimum atomic E-state index is -0.561. The van der Waals surface area contributed by atoms with Crippen LogP contribution in [-0.4, -0.2) is 33.9 Å². The van der Waals surface area contributed by atoms with E-state index in [2.05, 4.69) is 15.6 Å². The highest BCUT2D eigenvalue weighted by molar-refractivity contribution is 6.06. The van der Waals surface area contributed by atoms with Crippen molar-refractivity contribution in [3.8, 4) is 5.75 Å². The van der Waals surface area contributed by atoms with E-state index in [1.165, 1.54) is 7.05 Å². The molecule has 0 radical (unpaired) electrons. The lowest BCUT2D eigenvalue weighted by molar-refractivity contribution is -0.119. The van der Waals surface area contributed by atoms with E-state index in [0.717, 1.165) is 10.2 Å². The molecule has 2 aromatic carbocycles. The van der Waals surface area contributed by atoms with Gasteiger partial charge in [-0.1, -0.05) is 18.2 Å². The summed E-state index contributed by atoms with van der Waals surface area (Å²) in [6, 6.07) is 13.6. The van der Waals surface area contributed by atoms with E-state index in [1.807, 2.05) is 0 Å². The minimum Gasteiger partial charge on any atom is -0.484 e. The molecular weight excluding hydrogens is 374 g/mol. The van der Waals surface area contributed by atoms with E-state index < -0.39 is 11.8 Å². The van der Waals surface area contributed by atoms with Crippen molar-refractivity contribution < 1.29 is 14.3 Å². The summed E-state index contributed by atoms with van der Waals surface area (Å²) in [5.41, 5.74) is 8.63. The molecule has 0 fully saturated rings. The lowest BCUT2D eigenvalue weighted by Gasteiger charge is -2.08. The van der Waals surface area contributed by atoms with Crippen LogP contribution in [-0.2, 0) is 11.8 Å². The molecule has 3 aromatic rings. The van der Waals surface area contributed by atoms with Crippen molar-refractivity contribution in [2.45, 2.75) is 6.92 Å². The van der Waals surface area contributed by atoms with Gasteiger partial charge in [-0.15, -0.1) is 0 Å². The summed E-state index contributed by atoms with van der Waals surface area (Å²) < 4.78 is 6.32. The molecule has 0 saturated heterocycles. The first-order valence-electron chi connectivity index (χ1n) is 8.69. The Morgan fingerprint density at radius 3 is 2.45 bits per heavy atom. The van der Waals surface area contributed by atoms with E-state index in [1.54, 1.807) is 55.5 Å². The zero-order chi connectivity index (χ0) is 21.0. The van der Waals surface area contributed by atoms with E-state index in [4.69, 9.17) is 10.5 Å². The van der Waals surface area contributed by atoms with Gasteiger partial charge in [-0.05, 0) is 42.8 Å². The number of hydrogen-bond donors (Lipinski definition) is 2. The first-order chi connectivity index (χ1) is 13.9. The van der Waals surface area contributed by atoms with Gasteiger partial charge in [-0.25, -0.2) is 10.1 Å². The summed E-state index contributed by atoms with van der Waals surface area (Å²) in [6.07, 6.45) is 0. The first kappa shape index (κ1) is 19.7. The van der Waals surface area contributed by atoms with Crippen LogP contribution in [0.2, 0.25) is 0 Å². The third-order valence-corrected chi connectivity index (χ3v) is 4.15. The number of fused-ring (bicyclic) bond motifs is 1. The molecule has 9 heteroatoms. The number of nitrogens with zero attached hydrogens (tertiary/aromatic N) is 3. The number of primary amides is 1. The quantitative estimate of drug-likeness (QED) is 0.476. The Morgan fingerprint density at radius 1 is 1.14 bits per heavy atom. The van der Waals surface area contributed by atoms with Gasteiger partial charge >= 0.3 is 0 Å². The molecule has 0 bridgehead atoms. The van der Waals surface area contributed by atoms with Crippen LogP contribution in [0.1, 0.15) is 23.0 Å². The molecule has 9 nitrogen and oxygen atoms in total. The molecule has 148 valence electrons. The maximum absolute atomic E-state index is 12.6. The van der Waals surface area contributed by atoms with Gasteiger partial charge in [0, 0.05) is 12.4 Å². The molecule has 0 spiro atoms. The number of nitrogens with two attached hydrogens (primary N) is 1. The number of aromatic nitrogens is 2. The predicted octanol–water partition coefficient (Wildman–Crippen LogP) is 0.952. The molecule has 0 saturated carbocycles. The van der Waals surface area contributed by atoms with Crippen molar-refractivity contribution in [3.05, 3.63) is 70.1 Å². The van der Waals surface area contributed by atoms with E-state index >= 15 is 0 Å². The van der Waals surface area contributed by atoms with Crippen LogP contribution < -0.4 is 21.5 Å². The number of hydrogen-bond acceptors (Lipinski definition) is 6. The molecule has 0 aliphatic carbocycles. The average Bonchev–Trinajstić information content (AvgIpc) is 2.73. The van der Waals surface area contributed by atoms with Crippen LogP contribution >= 0.6 is 0 Å². The van der Waals surface area contributed by atoms with Gasteiger partial charge in [0.2, 0.25) is 0 Å². The molecule has 3 N–H and O–H groups in total. The summed E-state index contributed by atoms with van der Waals surface area (Å²) in [4.78, 5) is 35.5. The summed E-state index contributed by atoms with van der Waals surface area (Å²) in [7, 11) is 1.49. The topological polar surface area (TPSA) is 129 Å². The standard InChI is InChI=1S/C20H19N5O4/c1-12(13-7-9-14(10-8-13)29-11-17(21)26)22-23-19(27)18-15-5-3-4-6-16(15)20(28)25(2)24-18/h3-10H,11H2,1-2H3,(H2,21,26)(H,23,27). The Morgan fingerprint density at radius 2 is 1.79 bits per heavy atom. The number of benzene rings is 2. The fourth-order valence-corrected chi connectivity index (χ4v) is 2.67. The molecule has 1 aromatic heterocycles. The van der Waals surface area contributed by atoms with Gasteiger partial charge in [0.1, 0.15) is 5.75 Å². The molecule has 1 heterocycles. The number of aryl methyl sites for hydroxylation is 1. The highest BCUT2D eigenvalue weighted by Crippen LogP contribution is 2.14. The number of carbonyl (C=O) groups excluding carboxylic acids is 2. The van der Waals surface area contributed by atoms with Gasteiger partial charge < -0.3 is 10.5 Å². The van der Waals surface area contributed by atoms with Crippen molar-refractivity contribution >= 4 is 28.3 Å². The van der Waals surface area contributed by atoms with Gasteiger partial charge in [-0.2, -0.15) is 10.2 Å². The molecule has 0 atom stereocenters. The zero-order valence-electron chi connectivity index (χ0n) is 15.9. The van der Waals surface area contributed by atoms with Crippen LogP contribution in [0, 0.1) is 0 Å². The van der Waals surface area contributed by atoms with Crippen LogP contribution in [0.25, 0.3) is 10.8 Å². The second kappa shape index (κ2) is 8.34. The zero-order valence-corrected chi connectivity index (χ0v) is 15.9. The summed E-state index contributed by atoms with van der Waals surface area (Å²) in [6.45, 7) is 1.52. The average molecular weight is 393 g/mol. The molecule has 0 aliphatic heterocycles. The van der Waals surface area contributed by atoms with Crippen molar-refractivity contribution in [2.24, 2.45) is 17.9 Å². The van der Waals surface area contributed by atoms with E-state index in [-0.39, 0.29) is 17.9 Å². The Kier molecular flexibility index (Phi) is 5.68. The number of rotatable bonds is 6. The first-order valence-corrected chi connectivity index (χ1v) is 8.69. The van der Waals surface area contributed by atoms with E-state index in [0.29, 0.717) is 22.2 Å². The number of ether oxygens (including phenoxy) is 1. The highest BCUT2D eigenvalue weighted by Gasteiger charge is 2.15. The lowest BCUT2D eigenvalue weighted by atomic mass is 10.1. The van der Waals surface area contributed by atoms with Gasteiger partial charge in [0.25, 0.3) is 17.4 Å². The predicted molar refractivity (Wildman–Crippen MR) is 108 cm³/mol. The smallest absolute Gasteiger partial charge is 0.292 e. The van der Waals surface area contributed by atoms with Crippen molar-refractivity contribution in [1.82, 2.24) is 15.2 Å². The van der Waals surface area contributed by atoms with Crippen LogP contribution in [0.3, 0.4) is 0 Å². The van der Waals surface area contributed by atoms with Crippen molar-refractivity contribution in [2.75, 3.05) is 6.61 Å². The fraction of sp³-hybridized carbons (Fsp3) is 0.150. The van der Waals surface area contributed by atoms with Crippen LogP contribution in [0.15, 0.2) is 58.4 Å². The molecule has 3 rings (SSSR count). The fourth-order valence-electron chi connectivity index (χ4n) is 2.67. The Bertz CT molecular complexity index is 1170. The summed E-state index contributed by atoms with van der Waals surface area (Å²) in [5, 5.41) is 9.04. The van der Waals surface area contributed by atoms with Gasteiger partial charge in [0.15, 0.2) is 12.3 Å². The van der Waals surface area contributed by atoms with Gasteiger partial charge in [0.05, 0.1) is 11.1 Å². The van der Waals surface area contributed by atoms with Gasteiger partial charge in [-0.3, -0.25) is 14.4 Å². The largest absolute Gasteiger partial charge is 0.484 e. The number of amides is 2. The third kappa shape index (κ3) is 4.46. The Hall–Kier alpha value is -4.01.